The number of ether oxygens (including phenoxy) is 2. The highest BCUT2D eigenvalue weighted by Gasteiger charge is 2.29. The number of carbonyl (C=O) groups excluding carboxylic acids is 1. The monoisotopic (exact) mass is 328 g/mol. The van der Waals surface area contributed by atoms with Crippen LogP contribution in [0.1, 0.15) is 12.8 Å². The summed E-state index contributed by atoms with van der Waals surface area (Å²) >= 11 is 6.07. The van der Waals surface area contributed by atoms with Crippen molar-refractivity contribution in [2.75, 3.05) is 39.2 Å². The van der Waals surface area contributed by atoms with E-state index < -0.39 is 0 Å². The van der Waals surface area contributed by atoms with Crippen molar-refractivity contribution >= 4 is 23.3 Å². The minimum Gasteiger partial charge on any atom is -0.467 e. The lowest BCUT2D eigenvalue weighted by atomic mass is 9.85. The van der Waals surface area contributed by atoms with E-state index in [0.29, 0.717) is 30.6 Å². The molecule has 0 aromatic carbocycles. The van der Waals surface area contributed by atoms with E-state index in [-0.39, 0.29) is 23.8 Å². The average molecular weight is 329 g/mol. The second-order valence-electron chi connectivity index (χ2n) is 5.10. The molecule has 7 nitrogen and oxygen atoms in total. The number of halogens is 1. The van der Waals surface area contributed by atoms with Gasteiger partial charge in [0.25, 0.3) is 0 Å². The Labute approximate surface area is 134 Å². The molecule has 1 fully saturated rings. The lowest BCUT2D eigenvalue weighted by molar-refractivity contribution is -0.126. The molecule has 0 radical (unpaired) electrons. The quantitative estimate of drug-likeness (QED) is 0.819. The number of aromatic nitrogens is 2. The van der Waals surface area contributed by atoms with E-state index in [1.165, 1.54) is 13.3 Å². The van der Waals surface area contributed by atoms with Crippen molar-refractivity contribution in [1.29, 1.82) is 0 Å². The first-order chi connectivity index (χ1) is 10.7. The standard InChI is InChI=1S/C14H21ClN4O3/c1-16-13(20)10(9-3-5-22-6-4-9)7-17-12-11(15)8-18-14(19-12)21-2/h8-10H,3-7H2,1-2H3,(H,16,20)(H,17,18,19). The van der Waals surface area contributed by atoms with Gasteiger partial charge in [0.2, 0.25) is 5.91 Å². The van der Waals surface area contributed by atoms with Crippen LogP contribution in [-0.2, 0) is 9.53 Å². The summed E-state index contributed by atoms with van der Waals surface area (Å²) in [5, 5.41) is 6.25. The zero-order valence-corrected chi connectivity index (χ0v) is 13.5. The van der Waals surface area contributed by atoms with Gasteiger partial charge in [-0.25, -0.2) is 4.98 Å². The molecule has 1 atom stereocenters. The summed E-state index contributed by atoms with van der Waals surface area (Å²) in [7, 11) is 3.14. The fraction of sp³-hybridized carbons (Fsp3) is 0.643. The summed E-state index contributed by atoms with van der Waals surface area (Å²) in [4.78, 5) is 20.2. The molecule has 8 heteroatoms. The van der Waals surface area contributed by atoms with Gasteiger partial charge in [-0.1, -0.05) is 11.6 Å². The summed E-state index contributed by atoms with van der Waals surface area (Å²) < 4.78 is 10.3. The Kier molecular flexibility index (Phi) is 6.21. The Morgan fingerprint density at radius 2 is 2.27 bits per heavy atom. The van der Waals surface area contributed by atoms with Gasteiger partial charge in [-0.05, 0) is 18.8 Å². The molecule has 1 aromatic rings. The number of rotatable bonds is 6. The molecule has 1 saturated heterocycles. The molecule has 2 heterocycles. The average Bonchev–Trinajstić information content (AvgIpc) is 2.57. The summed E-state index contributed by atoms with van der Waals surface area (Å²) in [5.41, 5.74) is 0. The van der Waals surface area contributed by atoms with Gasteiger partial charge < -0.3 is 20.1 Å². The van der Waals surface area contributed by atoms with Gasteiger partial charge in [-0.3, -0.25) is 4.79 Å². The van der Waals surface area contributed by atoms with Crippen molar-refractivity contribution in [3.63, 3.8) is 0 Å². The first-order valence-electron chi connectivity index (χ1n) is 7.25. The molecule has 1 aliphatic heterocycles. The molecule has 2 N–H and O–H groups in total. The largest absolute Gasteiger partial charge is 0.467 e. The van der Waals surface area contributed by atoms with Crippen molar-refractivity contribution in [1.82, 2.24) is 15.3 Å². The highest BCUT2D eigenvalue weighted by atomic mass is 35.5. The van der Waals surface area contributed by atoms with Crippen LogP contribution in [0.15, 0.2) is 6.20 Å². The zero-order valence-electron chi connectivity index (χ0n) is 12.8. The maximum atomic E-state index is 12.2. The van der Waals surface area contributed by atoms with E-state index in [0.717, 1.165) is 12.8 Å². The van der Waals surface area contributed by atoms with Crippen LogP contribution >= 0.6 is 11.6 Å². The van der Waals surface area contributed by atoms with Gasteiger partial charge in [-0.2, -0.15) is 4.98 Å². The molecule has 122 valence electrons. The van der Waals surface area contributed by atoms with Gasteiger partial charge >= 0.3 is 6.01 Å². The predicted octanol–water partition coefficient (Wildman–Crippen LogP) is 1.34. The smallest absolute Gasteiger partial charge is 0.318 e. The Balaban J connectivity index is 2.05. The fourth-order valence-corrected chi connectivity index (χ4v) is 2.71. The summed E-state index contributed by atoms with van der Waals surface area (Å²) in [5.74, 6) is 0.598. The number of methoxy groups -OCH3 is 1. The number of anilines is 1. The molecule has 22 heavy (non-hydrogen) atoms. The molecule has 1 amide bonds. The molecule has 0 saturated carbocycles. The van der Waals surface area contributed by atoms with Crippen LogP contribution in [0, 0.1) is 11.8 Å². The van der Waals surface area contributed by atoms with Crippen LogP contribution in [-0.4, -0.2) is 49.8 Å². The van der Waals surface area contributed by atoms with E-state index >= 15 is 0 Å². The molecule has 0 aliphatic carbocycles. The van der Waals surface area contributed by atoms with Crippen LogP contribution in [0.5, 0.6) is 6.01 Å². The van der Waals surface area contributed by atoms with Gasteiger partial charge in [0, 0.05) is 26.8 Å². The lowest BCUT2D eigenvalue weighted by Gasteiger charge is -2.29. The Morgan fingerprint density at radius 1 is 1.55 bits per heavy atom. The zero-order chi connectivity index (χ0) is 15.9. The van der Waals surface area contributed by atoms with E-state index in [2.05, 4.69) is 20.6 Å². The second-order valence-corrected chi connectivity index (χ2v) is 5.51. The van der Waals surface area contributed by atoms with Crippen molar-refractivity contribution in [3.8, 4) is 6.01 Å². The van der Waals surface area contributed by atoms with Crippen LogP contribution in [0.3, 0.4) is 0 Å². The number of hydrogen-bond donors (Lipinski definition) is 2. The van der Waals surface area contributed by atoms with Crippen molar-refractivity contribution in [3.05, 3.63) is 11.2 Å². The first kappa shape index (κ1) is 16.8. The van der Waals surface area contributed by atoms with Gasteiger partial charge in [0.1, 0.15) is 5.02 Å². The molecule has 0 spiro atoms. The summed E-state index contributed by atoms with van der Waals surface area (Å²) in [6, 6.07) is 0.231. The third-order valence-electron chi connectivity index (χ3n) is 3.81. The number of nitrogens with one attached hydrogen (secondary N) is 2. The van der Waals surface area contributed by atoms with E-state index in [1.807, 2.05) is 0 Å². The normalized spacial score (nSPS) is 16.9. The molecular formula is C14H21ClN4O3. The lowest BCUT2D eigenvalue weighted by Crippen LogP contribution is -2.39. The third kappa shape index (κ3) is 4.20. The molecule has 0 bridgehead atoms. The molecular weight excluding hydrogens is 308 g/mol. The Hall–Kier alpha value is -1.60. The van der Waals surface area contributed by atoms with Crippen molar-refractivity contribution < 1.29 is 14.3 Å². The number of carbonyl (C=O) groups is 1. The fourth-order valence-electron chi connectivity index (χ4n) is 2.56. The summed E-state index contributed by atoms with van der Waals surface area (Å²) in [6.45, 7) is 1.84. The predicted molar refractivity (Wildman–Crippen MR) is 83.2 cm³/mol. The number of nitrogens with zero attached hydrogens (tertiary/aromatic N) is 2. The van der Waals surface area contributed by atoms with Crippen LogP contribution in [0.2, 0.25) is 5.02 Å². The SMILES string of the molecule is CNC(=O)C(CNc1nc(OC)ncc1Cl)C1CCOCC1. The third-order valence-corrected chi connectivity index (χ3v) is 4.09. The Morgan fingerprint density at radius 3 is 2.91 bits per heavy atom. The van der Waals surface area contributed by atoms with Crippen LogP contribution in [0.4, 0.5) is 5.82 Å². The minimum absolute atomic E-state index is 0.0107. The van der Waals surface area contributed by atoms with E-state index in [1.54, 1.807) is 7.05 Å². The molecule has 1 unspecified atom stereocenters. The molecule has 2 rings (SSSR count). The number of hydrogen-bond acceptors (Lipinski definition) is 6. The van der Waals surface area contributed by atoms with Crippen LogP contribution in [0.25, 0.3) is 0 Å². The Bertz CT molecular complexity index is 509. The maximum Gasteiger partial charge on any atom is 0.318 e. The first-order valence-corrected chi connectivity index (χ1v) is 7.63. The highest BCUT2D eigenvalue weighted by molar-refractivity contribution is 6.32. The molecule has 1 aliphatic rings. The molecule has 1 aromatic heterocycles. The minimum atomic E-state index is -0.161. The van der Waals surface area contributed by atoms with E-state index in [9.17, 15) is 4.79 Å². The maximum absolute atomic E-state index is 12.2. The second kappa shape index (κ2) is 8.14. The van der Waals surface area contributed by atoms with Crippen molar-refractivity contribution in [2.45, 2.75) is 12.8 Å². The van der Waals surface area contributed by atoms with Crippen molar-refractivity contribution in [2.24, 2.45) is 11.8 Å². The van der Waals surface area contributed by atoms with Gasteiger partial charge in [0.05, 0.1) is 19.2 Å². The highest BCUT2D eigenvalue weighted by Crippen LogP contribution is 2.26. The topological polar surface area (TPSA) is 85.4 Å². The van der Waals surface area contributed by atoms with E-state index in [4.69, 9.17) is 21.1 Å². The van der Waals surface area contributed by atoms with Gasteiger partial charge in [-0.15, -0.1) is 0 Å². The van der Waals surface area contributed by atoms with Gasteiger partial charge in [0.15, 0.2) is 5.82 Å². The number of amides is 1. The van der Waals surface area contributed by atoms with Crippen LogP contribution < -0.4 is 15.4 Å². The summed E-state index contributed by atoms with van der Waals surface area (Å²) in [6.07, 6.45) is 3.22.